The standard InChI is InChI=1S/C5H8N6O/c1-7-11-10-5-3(4(6)12)2-8-9-5/h2H,1H3,(H2,6,12)(H2,7,8,9,10). The van der Waals surface area contributed by atoms with E-state index in [1.54, 1.807) is 0 Å². The van der Waals surface area contributed by atoms with Crippen LogP contribution in [-0.2, 0) is 0 Å². The fourth-order valence-corrected chi connectivity index (χ4v) is 0.658. The van der Waals surface area contributed by atoms with Crippen molar-refractivity contribution in [3.63, 3.8) is 0 Å². The van der Waals surface area contributed by atoms with Crippen molar-refractivity contribution in [1.29, 1.82) is 0 Å². The Morgan fingerprint density at radius 1 is 1.83 bits per heavy atom. The van der Waals surface area contributed by atoms with Gasteiger partial charge in [-0.1, -0.05) is 5.22 Å². The number of rotatable bonds is 3. The van der Waals surface area contributed by atoms with Crippen LogP contribution in [0.4, 0.5) is 5.82 Å². The van der Waals surface area contributed by atoms with Crippen LogP contribution in [0.1, 0.15) is 10.4 Å². The number of aromatic nitrogens is 2. The van der Waals surface area contributed by atoms with Crippen LogP contribution in [0.25, 0.3) is 0 Å². The molecule has 0 atom stereocenters. The molecule has 4 N–H and O–H groups in total. The number of nitrogens with one attached hydrogen (secondary N) is 2. The Bertz CT molecular complexity index is 303. The third-order valence-electron chi connectivity index (χ3n) is 1.17. The van der Waals surface area contributed by atoms with Crippen molar-refractivity contribution >= 4 is 11.7 Å². The maximum absolute atomic E-state index is 10.7. The molecule has 7 heteroatoms. The molecule has 1 aromatic heterocycles. The zero-order valence-corrected chi connectivity index (χ0v) is 6.40. The van der Waals surface area contributed by atoms with Crippen molar-refractivity contribution in [2.75, 3.05) is 12.5 Å². The third-order valence-corrected chi connectivity index (χ3v) is 1.17. The number of carbonyl (C=O) groups is 1. The zero-order chi connectivity index (χ0) is 8.97. The average Bonchev–Trinajstić information content (AvgIpc) is 2.48. The minimum Gasteiger partial charge on any atom is -0.365 e. The summed E-state index contributed by atoms with van der Waals surface area (Å²) < 4.78 is 0. The topological polar surface area (TPSA) is 109 Å². The van der Waals surface area contributed by atoms with Gasteiger partial charge in [-0.2, -0.15) is 10.2 Å². The van der Waals surface area contributed by atoms with Gasteiger partial charge in [0.25, 0.3) is 5.91 Å². The Hall–Kier alpha value is -1.92. The van der Waals surface area contributed by atoms with Crippen LogP contribution >= 0.6 is 0 Å². The summed E-state index contributed by atoms with van der Waals surface area (Å²) >= 11 is 0. The van der Waals surface area contributed by atoms with E-state index in [2.05, 4.69) is 26.0 Å². The summed E-state index contributed by atoms with van der Waals surface area (Å²) in [7, 11) is 1.49. The second kappa shape index (κ2) is 3.46. The second-order valence-electron chi connectivity index (χ2n) is 1.93. The third kappa shape index (κ3) is 1.57. The maximum atomic E-state index is 10.7. The molecule has 0 aromatic carbocycles. The number of nitrogens with two attached hydrogens (primary N) is 1. The van der Waals surface area contributed by atoms with E-state index in [4.69, 9.17) is 5.73 Å². The van der Waals surface area contributed by atoms with Gasteiger partial charge in [0.1, 0.15) is 5.56 Å². The summed E-state index contributed by atoms with van der Waals surface area (Å²) in [6, 6.07) is 0. The van der Waals surface area contributed by atoms with Crippen LogP contribution in [0, 0.1) is 0 Å². The fourth-order valence-electron chi connectivity index (χ4n) is 0.658. The SMILES string of the molecule is CN=NNc1[nH]ncc1C(N)=O. The van der Waals surface area contributed by atoms with Crippen molar-refractivity contribution in [3.05, 3.63) is 11.8 Å². The number of hydrogen-bond donors (Lipinski definition) is 3. The van der Waals surface area contributed by atoms with Gasteiger partial charge in [-0.3, -0.25) is 9.89 Å². The molecular formula is C5H8N6O. The molecule has 7 nitrogen and oxygen atoms in total. The lowest BCUT2D eigenvalue weighted by molar-refractivity contribution is 0.100. The molecule has 1 amide bonds. The number of nitrogens with zero attached hydrogens (tertiary/aromatic N) is 3. The lowest BCUT2D eigenvalue weighted by atomic mass is 10.3. The van der Waals surface area contributed by atoms with Gasteiger partial charge in [-0.05, 0) is 0 Å². The van der Waals surface area contributed by atoms with E-state index in [0.29, 0.717) is 5.82 Å². The van der Waals surface area contributed by atoms with Crippen molar-refractivity contribution in [2.24, 2.45) is 16.1 Å². The van der Waals surface area contributed by atoms with Crippen LogP contribution < -0.4 is 11.2 Å². The predicted octanol–water partition coefficient (Wildman–Crippen LogP) is -0.0825. The number of carbonyl (C=O) groups excluding carboxylic acids is 1. The smallest absolute Gasteiger partial charge is 0.254 e. The lowest BCUT2D eigenvalue weighted by Gasteiger charge is -1.94. The maximum Gasteiger partial charge on any atom is 0.254 e. The Morgan fingerprint density at radius 2 is 2.58 bits per heavy atom. The molecule has 1 aromatic rings. The van der Waals surface area contributed by atoms with Gasteiger partial charge < -0.3 is 5.73 Å². The van der Waals surface area contributed by atoms with Crippen molar-refractivity contribution < 1.29 is 4.79 Å². The highest BCUT2D eigenvalue weighted by atomic mass is 16.1. The minimum absolute atomic E-state index is 0.252. The van der Waals surface area contributed by atoms with Gasteiger partial charge in [0.05, 0.1) is 13.2 Å². The first kappa shape index (κ1) is 8.18. The van der Waals surface area contributed by atoms with E-state index < -0.39 is 5.91 Å². The highest BCUT2D eigenvalue weighted by molar-refractivity contribution is 5.97. The summed E-state index contributed by atoms with van der Waals surface area (Å²) in [5.41, 5.74) is 7.74. The molecule has 0 aliphatic rings. The number of amides is 1. The van der Waals surface area contributed by atoms with E-state index >= 15 is 0 Å². The number of primary amides is 1. The van der Waals surface area contributed by atoms with Crippen LogP contribution in [0.3, 0.4) is 0 Å². The molecule has 0 spiro atoms. The largest absolute Gasteiger partial charge is 0.365 e. The Morgan fingerprint density at radius 3 is 3.17 bits per heavy atom. The normalized spacial score (nSPS) is 10.4. The number of aromatic amines is 1. The van der Waals surface area contributed by atoms with Gasteiger partial charge in [0.2, 0.25) is 0 Å². The summed E-state index contributed by atoms with van der Waals surface area (Å²) in [4.78, 5) is 10.7. The molecule has 0 radical (unpaired) electrons. The zero-order valence-electron chi connectivity index (χ0n) is 6.40. The summed E-state index contributed by atoms with van der Waals surface area (Å²) in [6.45, 7) is 0. The van der Waals surface area contributed by atoms with Crippen molar-refractivity contribution in [1.82, 2.24) is 10.2 Å². The second-order valence-corrected chi connectivity index (χ2v) is 1.93. The molecule has 1 rings (SSSR count). The summed E-state index contributed by atoms with van der Waals surface area (Å²) in [5, 5.41) is 13.0. The Labute approximate surface area is 68.0 Å². The predicted molar refractivity (Wildman–Crippen MR) is 41.5 cm³/mol. The van der Waals surface area contributed by atoms with Crippen LogP contribution in [0.2, 0.25) is 0 Å². The Kier molecular flexibility index (Phi) is 2.36. The van der Waals surface area contributed by atoms with E-state index in [1.807, 2.05) is 0 Å². The molecule has 0 saturated carbocycles. The molecule has 0 unspecified atom stereocenters. The van der Waals surface area contributed by atoms with Crippen LogP contribution in [-0.4, -0.2) is 23.2 Å². The first-order valence-corrected chi connectivity index (χ1v) is 3.13. The highest BCUT2D eigenvalue weighted by Gasteiger charge is 2.08. The molecule has 1 heterocycles. The van der Waals surface area contributed by atoms with Gasteiger partial charge in [-0.25, -0.2) is 5.43 Å². The van der Waals surface area contributed by atoms with E-state index in [1.165, 1.54) is 13.2 Å². The van der Waals surface area contributed by atoms with Gasteiger partial charge >= 0.3 is 0 Å². The monoisotopic (exact) mass is 168 g/mol. The first-order valence-electron chi connectivity index (χ1n) is 3.13. The first-order chi connectivity index (χ1) is 5.75. The van der Waals surface area contributed by atoms with Gasteiger partial charge in [-0.15, -0.1) is 0 Å². The van der Waals surface area contributed by atoms with E-state index in [-0.39, 0.29) is 5.56 Å². The highest BCUT2D eigenvalue weighted by Crippen LogP contribution is 2.08. The fraction of sp³-hybridized carbons (Fsp3) is 0.200. The molecule has 0 aliphatic heterocycles. The molecule has 0 aliphatic carbocycles. The molecule has 0 saturated heterocycles. The molecule has 64 valence electrons. The Balaban J connectivity index is 2.84. The molecule has 0 bridgehead atoms. The van der Waals surface area contributed by atoms with E-state index in [9.17, 15) is 4.79 Å². The number of anilines is 1. The quantitative estimate of drug-likeness (QED) is 0.433. The van der Waals surface area contributed by atoms with Crippen molar-refractivity contribution in [3.8, 4) is 0 Å². The number of hydrogen-bond acceptors (Lipinski definition) is 4. The number of H-pyrrole nitrogens is 1. The summed E-state index contributed by atoms with van der Waals surface area (Å²) in [6.07, 6.45) is 1.32. The van der Waals surface area contributed by atoms with Gasteiger partial charge in [0.15, 0.2) is 5.82 Å². The van der Waals surface area contributed by atoms with Crippen LogP contribution in [0.15, 0.2) is 16.5 Å². The lowest BCUT2D eigenvalue weighted by Crippen LogP contribution is -2.11. The molecule has 12 heavy (non-hydrogen) atoms. The summed E-state index contributed by atoms with van der Waals surface area (Å²) in [5.74, 6) is -0.231. The molecule has 0 fully saturated rings. The van der Waals surface area contributed by atoms with Crippen molar-refractivity contribution in [2.45, 2.75) is 0 Å². The minimum atomic E-state index is -0.572. The van der Waals surface area contributed by atoms with Gasteiger partial charge in [0, 0.05) is 0 Å². The average molecular weight is 168 g/mol. The molecular weight excluding hydrogens is 160 g/mol. The van der Waals surface area contributed by atoms with E-state index in [0.717, 1.165) is 0 Å². The van der Waals surface area contributed by atoms with Crippen LogP contribution in [0.5, 0.6) is 0 Å².